The second-order valence-corrected chi connectivity index (χ2v) is 5.12. The van der Waals surface area contributed by atoms with Gasteiger partial charge in [-0.25, -0.2) is 13.9 Å². The van der Waals surface area contributed by atoms with E-state index in [1.807, 2.05) is 12.1 Å². The van der Waals surface area contributed by atoms with Gasteiger partial charge in [-0.2, -0.15) is 0 Å². The smallest absolute Gasteiger partial charge is 0.198 e. The Morgan fingerprint density at radius 2 is 1.80 bits per heavy atom. The van der Waals surface area contributed by atoms with E-state index in [1.165, 1.54) is 12.1 Å². The van der Waals surface area contributed by atoms with Crippen LogP contribution < -0.4 is 0 Å². The fraction of sp³-hybridized carbons (Fsp3) is 0.100. The summed E-state index contributed by atoms with van der Waals surface area (Å²) in [6, 6.07) is 12.3. The van der Waals surface area contributed by atoms with Crippen LogP contribution in [-0.4, -0.2) is 26.2 Å². The van der Waals surface area contributed by atoms with E-state index in [1.54, 1.807) is 29.1 Å². The van der Waals surface area contributed by atoms with E-state index in [0.29, 0.717) is 23.6 Å². The molecule has 0 fully saturated rings. The first-order chi connectivity index (χ1) is 12.2. The molecule has 0 saturated carbocycles. The van der Waals surface area contributed by atoms with Gasteiger partial charge in [-0.15, -0.1) is 0 Å². The Morgan fingerprint density at radius 1 is 1.08 bits per heavy atom. The maximum atomic E-state index is 13.3. The highest BCUT2D eigenvalue weighted by atomic mass is 19.1. The molecule has 0 amide bonds. The number of imidazole rings is 1. The topological polar surface area (TPSA) is 50.9 Å². The Balaban J connectivity index is 2.24. The predicted molar refractivity (Wildman–Crippen MR) is 93.7 cm³/mol. The van der Waals surface area contributed by atoms with Crippen molar-refractivity contribution in [3.8, 4) is 46.8 Å². The van der Waals surface area contributed by atoms with Crippen molar-refractivity contribution < 1.29 is 9.50 Å². The molecule has 2 aromatic heterocycles. The van der Waals surface area contributed by atoms with Crippen LogP contribution >= 0.6 is 0 Å². The fourth-order valence-corrected chi connectivity index (χ4v) is 2.41. The van der Waals surface area contributed by atoms with Gasteiger partial charge in [-0.3, -0.25) is 4.98 Å². The maximum Gasteiger partial charge on any atom is 0.198 e. The van der Waals surface area contributed by atoms with Gasteiger partial charge in [0.15, 0.2) is 5.82 Å². The zero-order chi connectivity index (χ0) is 17.6. The molecule has 1 N–H and O–H groups in total. The van der Waals surface area contributed by atoms with E-state index in [4.69, 9.17) is 11.5 Å². The van der Waals surface area contributed by atoms with E-state index >= 15 is 0 Å². The summed E-state index contributed by atoms with van der Waals surface area (Å²) in [6.45, 7) is -0.0359. The Kier molecular flexibility index (Phi) is 4.89. The monoisotopic (exact) mass is 331 g/mol. The fourth-order valence-electron chi connectivity index (χ4n) is 2.41. The summed E-state index contributed by atoms with van der Waals surface area (Å²) in [7, 11) is 0. The molecule has 0 aliphatic carbocycles. The molecular weight excluding hydrogens is 317 g/mol. The van der Waals surface area contributed by atoms with Crippen LogP contribution in [0.1, 0.15) is 12.2 Å². The quantitative estimate of drug-likeness (QED) is 0.751. The van der Waals surface area contributed by atoms with Crippen molar-refractivity contribution in [2.75, 3.05) is 6.61 Å². The first-order valence-corrected chi connectivity index (χ1v) is 7.60. The number of pyridine rings is 1. The lowest BCUT2D eigenvalue weighted by atomic mass is 10.1. The Morgan fingerprint density at radius 3 is 2.44 bits per heavy atom. The van der Waals surface area contributed by atoms with Gasteiger partial charge < -0.3 is 5.11 Å². The van der Waals surface area contributed by atoms with Crippen LogP contribution in [-0.2, 0) is 0 Å². The molecule has 5 heteroatoms. The molecular formula is C20H14FN3O. The summed E-state index contributed by atoms with van der Waals surface area (Å²) < 4.78 is 14.8. The lowest BCUT2D eigenvalue weighted by Crippen LogP contribution is -1.96. The number of hydrogen-bond donors (Lipinski definition) is 1. The molecule has 25 heavy (non-hydrogen) atoms. The number of aromatic nitrogens is 3. The zero-order valence-corrected chi connectivity index (χ0v) is 13.3. The molecule has 0 unspecified atom stereocenters. The summed E-state index contributed by atoms with van der Waals surface area (Å²) in [4.78, 5) is 8.57. The van der Waals surface area contributed by atoms with Crippen LogP contribution in [0.2, 0.25) is 0 Å². The summed E-state index contributed by atoms with van der Waals surface area (Å²) in [5.74, 6) is 5.78. The first kappa shape index (κ1) is 16.4. The molecule has 0 aliphatic heterocycles. The van der Waals surface area contributed by atoms with Crippen molar-refractivity contribution >= 4 is 0 Å². The molecule has 122 valence electrons. The lowest BCUT2D eigenvalue weighted by Gasteiger charge is -2.05. The molecule has 0 aliphatic rings. The van der Waals surface area contributed by atoms with E-state index in [-0.39, 0.29) is 12.4 Å². The number of benzene rings is 1. The van der Waals surface area contributed by atoms with Crippen LogP contribution in [0, 0.1) is 30.1 Å². The highest BCUT2D eigenvalue weighted by Gasteiger charge is 2.18. The van der Waals surface area contributed by atoms with Crippen molar-refractivity contribution in [3.05, 3.63) is 60.4 Å². The van der Waals surface area contributed by atoms with E-state index in [0.717, 1.165) is 11.1 Å². The summed E-state index contributed by atoms with van der Waals surface area (Å²) in [6.07, 6.45) is 9.34. The molecule has 4 nitrogen and oxygen atoms in total. The van der Waals surface area contributed by atoms with Crippen molar-refractivity contribution in [3.63, 3.8) is 0 Å². The number of halogens is 1. The molecule has 0 saturated heterocycles. The molecule has 0 bridgehead atoms. The van der Waals surface area contributed by atoms with Crippen LogP contribution in [0.4, 0.5) is 4.39 Å². The minimum absolute atomic E-state index is 0.0359. The van der Waals surface area contributed by atoms with Crippen LogP contribution in [0.15, 0.2) is 48.8 Å². The summed E-state index contributed by atoms with van der Waals surface area (Å²) in [5, 5.41) is 8.90. The second-order valence-electron chi connectivity index (χ2n) is 5.12. The maximum absolute atomic E-state index is 13.3. The van der Waals surface area contributed by atoms with Crippen molar-refractivity contribution in [2.45, 2.75) is 6.42 Å². The number of terminal acetylenes is 1. The molecule has 3 aromatic rings. The van der Waals surface area contributed by atoms with Crippen molar-refractivity contribution in [1.29, 1.82) is 0 Å². The van der Waals surface area contributed by atoms with Gasteiger partial charge >= 0.3 is 0 Å². The van der Waals surface area contributed by atoms with Crippen LogP contribution in [0.5, 0.6) is 0 Å². The number of hydrogen-bond acceptors (Lipinski definition) is 3. The van der Waals surface area contributed by atoms with Gasteiger partial charge in [0.05, 0.1) is 18.0 Å². The molecule has 0 atom stereocenters. The summed E-state index contributed by atoms with van der Waals surface area (Å²) >= 11 is 0. The van der Waals surface area contributed by atoms with Crippen LogP contribution in [0.25, 0.3) is 22.5 Å². The van der Waals surface area contributed by atoms with E-state index in [9.17, 15) is 4.39 Å². The largest absolute Gasteiger partial charge is 0.395 e. The number of nitrogens with zero attached hydrogens (tertiary/aromatic N) is 3. The number of rotatable bonds is 3. The highest BCUT2D eigenvalue weighted by molar-refractivity contribution is 5.80. The van der Waals surface area contributed by atoms with Gasteiger partial charge in [-0.1, -0.05) is 12.3 Å². The lowest BCUT2D eigenvalue weighted by molar-refractivity contribution is 0.305. The number of aliphatic hydroxyl groups excluding tert-OH is 1. The molecule has 3 rings (SSSR count). The van der Waals surface area contributed by atoms with Gasteiger partial charge in [-0.05, 0) is 42.3 Å². The number of aliphatic hydroxyl groups is 1. The third-order valence-electron chi connectivity index (χ3n) is 3.51. The Bertz CT molecular complexity index is 974. The molecule has 0 spiro atoms. The Hall–Kier alpha value is -3.41. The molecule has 1 aromatic carbocycles. The average molecular weight is 331 g/mol. The van der Waals surface area contributed by atoms with Gasteiger partial charge in [0.2, 0.25) is 0 Å². The van der Waals surface area contributed by atoms with Gasteiger partial charge in [0.1, 0.15) is 5.82 Å². The van der Waals surface area contributed by atoms with Crippen molar-refractivity contribution in [1.82, 2.24) is 14.5 Å². The van der Waals surface area contributed by atoms with Gasteiger partial charge in [0.25, 0.3) is 0 Å². The minimum Gasteiger partial charge on any atom is -0.395 e. The average Bonchev–Trinajstić information content (AvgIpc) is 3.02. The third-order valence-corrected chi connectivity index (χ3v) is 3.51. The zero-order valence-electron chi connectivity index (χ0n) is 13.3. The van der Waals surface area contributed by atoms with E-state index in [2.05, 4.69) is 27.9 Å². The van der Waals surface area contributed by atoms with Gasteiger partial charge in [0, 0.05) is 36.0 Å². The minimum atomic E-state index is -0.325. The van der Waals surface area contributed by atoms with E-state index < -0.39 is 0 Å². The standard InChI is InChI=1S/C20H14FN3O/c1-2-24-18(5-3-4-14-25)23-19(15-6-8-17(21)9-7-15)20(24)16-10-12-22-13-11-16/h1,6-13,25H,4,14H2. The van der Waals surface area contributed by atoms with Crippen molar-refractivity contribution in [2.24, 2.45) is 0 Å². The molecule has 0 radical (unpaired) electrons. The summed E-state index contributed by atoms with van der Waals surface area (Å²) in [5.41, 5.74) is 2.85. The second kappa shape index (κ2) is 7.44. The van der Waals surface area contributed by atoms with Crippen LogP contribution in [0.3, 0.4) is 0 Å². The SMILES string of the molecule is C#Cn1c(C#CCCO)nc(-c2ccc(F)cc2)c1-c1ccncc1. The highest BCUT2D eigenvalue weighted by Crippen LogP contribution is 2.32. The predicted octanol–water partition coefficient (Wildman–Crippen LogP) is 2.92. The first-order valence-electron chi connectivity index (χ1n) is 7.60. The Labute approximate surface area is 145 Å². The molecule has 2 heterocycles. The normalized spacial score (nSPS) is 9.96. The third kappa shape index (κ3) is 3.42.